The molecule has 4 aromatic rings. The van der Waals surface area contributed by atoms with E-state index in [2.05, 4.69) is 16.4 Å². The van der Waals surface area contributed by atoms with E-state index in [1.807, 2.05) is 61.7 Å². The molecule has 0 radical (unpaired) electrons. The van der Waals surface area contributed by atoms with Gasteiger partial charge in [0.2, 0.25) is 5.91 Å². The molecule has 3 aromatic carbocycles. The van der Waals surface area contributed by atoms with Crippen LogP contribution in [0.25, 0.3) is 10.9 Å². The molecule has 1 aromatic heterocycles. The van der Waals surface area contributed by atoms with E-state index in [9.17, 15) is 9.59 Å². The monoisotopic (exact) mass is 562 g/mol. The summed E-state index contributed by atoms with van der Waals surface area (Å²) in [6.07, 6.45) is 2.64. The predicted molar refractivity (Wildman–Crippen MR) is 159 cm³/mol. The van der Waals surface area contributed by atoms with Crippen molar-refractivity contribution in [3.8, 4) is 5.75 Å². The molecule has 40 heavy (non-hydrogen) atoms. The molecule has 0 aliphatic rings. The second kappa shape index (κ2) is 13.9. The number of fused-ring (bicyclic) bond motifs is 1. The van der Waals surface area contributed by atoms with E-state index in [0.29, 0.717) is 36.0 Å². The van der Waals surface area contributed by atoms with Crippen LogP contribution in [0.5, 0.6) is 5.75 Å². The molecule has 8 nitrogen and oxygen atoms in total. The summed E-state index contributed by atoms with van der Waals surface area (Å²) in [5.41, 5.74) is 4.53. The van der Waals surface area contributed by atoms with E-state index in [1.54, 1.807) is 31.3 Å². The summed E-state index contributed by atoms with van der Waals surface area (Å²) in [5, 5.41) is 4.54. The molecule has 210 valence electrons. The average molecular weight is 563 g/mol. The number of nitrogens with one attached hydrogen (secondary N) is 2. The minimum Gasteiger partial charge on any atom is -0.496 e. The zero-order valence-corrected chi connectivity index (χ0v) is 23.8. The lowest BCUT2D eigenvalue weighted by Gasteiger charge is -2.28. The van der Waals surface area contributed by atoms with Crippen molar-refractivity contribution in [2.45, 2.75) is 19.9 Å². The number of halogens is 1. The first kappa shape index (κ1) is 29.0. The summed E-state index contributed by atoms with van der Waals surface area (Å²) >= 11 is 6.24. The SMILES string of the molecule is COCCN(CC(=O)N(CCc1c[nH]c2ccccc12)Cc1ccccc1OC)C(=O)Nc1ccc(C)c(Cl)c1. The third-order valence-corrected chi connectivity index (χ3v) is 7.24. The van der Waals surface area contributed by atoms with Gasteiger partial charge in [0.1, 0.15) is 12.3 Å². The number of hydrogen-bond donors (Lipinski definition) is 2. The highest BCUT2D eigenvalue weighted by molar-refractivity contribution is 6.31. The van der Waals surface area contributed by atoms with Crippen LogP contribution < -0.4 is 10.1 Å². The van der Waals surface area contributed by atoms with Crippen LogP contribution in [0.15, 0.2) is 72.9 Å². The highest BCUT2D eigenvalue weighted by atomic mass is 35.5. The number of amides is 3. The van der Waals surface area contributed by atoms with Crippen LogP contribution in [-0.4, -0.2) is 67.2 Å². The summed E-state index contributed by atoms with van der Waals surface area (Å²) in [7, 11) is 3.18. The van der Waals surface area contributed by atoms with Crippen LogP contribution in [-0.2, 0) is 22.5 Å². The first-order chi connectivity index (χ1) is 19.4. The maximum Gasteiger partial charge on any atom is 0.322 e. The topological polar surface area (TPSA) is 86.9 Å². The van der Waals surface area contributed by atoms with Crippen molar-refractivity contribution in [2.75, 3.05) is 45.8 Å². The number of aromatic nitrogens is 1. The molecule has 4 rings (SSSR count). The minimum atomic E-state index is -0.404. The van der Waals surface area contributed by atoms with E-state index < -0.39 is 6.03 Å². The normalized spacial score (nSPS) is 10.9. The summed E-state index contributed by atoms with van der Waals surface area (Å²) < 4.78 is 10.8. The average Bonchev–Trinajstić information content (AvgIpc) is 3.38. The van der Waals surface area contributed by atoms with Crippen molar-refractivity contribution in [2.24, 2.45) is 0 Å². The molecule has 0 saturated carbocycles. The fourth-order valence-corrected chi connectivity index (χ4v) is 4.70. The van der Waals surface area contributed by atoms with Gasteiger partial charge in [0.25, 0.3) is 0 Å². The largest absolute Gasteiger partial charge is 0.496 e. The summed E-state index contributed by atoms with van der Waals surface area (Å²) in [5.74, 6) is 0.525. The number of ether oxygens (including phenoxy) is 2. The van der Waals surface area contributed by atoms with Crippen molar-refractivity contribution in [3.63, 3.8) is 0 Å². The van der Waals surface area contributed by atoms with Crippen molar-refractivity contribution in [1.82, 2.24) is 14.8 Å². The smallest absolute Gasteiger partial charge is 0.322 e. The Kier molecular flexibility index (Phi) is 10.0. The number of H-pyrrole nitrogens is 1. The fraction of sp³-hybridized carbons (Fsp3) is 0.290. The molecule has 0 unspecified atom stereocenters. The Morgan fingerprint density at radius 3 is 2.50 bits per heavy atom. The maximum atomic E-state index is 13.8. The predicted octanol–water partition coefficient (Wildman–Crippen LogP) is 5.89. The Bertz CT molecular complexity index is 1450. The molecule has 0 aliphatic heterocycles. The van der Waals surface area contributed by atoms with Crippen molar-refractivity contribution >= 4 is 40.1 Å². The lowest BCUT2D eigenvalue weighted by Crippen LogP contribution is -2.46. The molecule has 0 aliphatic carbocycles. The summed E-state index contributed by atoms with van der Waals surface area (Å²) in [4.78, 5) is 33.6. The zero-order chi connectivity index (χ0) is 28.5. The first-order valence-electron chi connectivity index (χ1n) is 13.1. The number of urea groups is 1. The highest BCUT2D eigenvalue weighted by Gasteiger charge is 2.23. The Balaban J connectivity index is 1.54. The molecule has 2 N–H and O–H groups in total. The summed E-state index contributed by atoms with van der Waals surface area (Å²) in [6, 6.07) is 20.7. The number of nitrogens with zero attached hydrogens (tertiary/aromatic N) is 2. The number of aromatic amines is 1. The number of anilines is 1. The lowest BCUT2D eigenvalue weighted by atomic mass is 10.1. The van der Waals surface area contributed by atoms with Crippen molar-refractivity contribution in [3.05, 3.63) is 94.6 Å². The fourth-order valence-electron chi connectivity index (χ4n) is 4.52. The number of rotatable bonds is 12. The second-order valence-corrected chi connectivity index (χ2v) is 9.95. The van der Waals surface area contributed by atoms with Crippen LogP contribution in [0.1, 0.15) is 16.7 Å². The van der Waals surface area contributed by atoms with Crippen LogP contribution in [0.3, 0.4) is 0 Å². The molecule has 0 fully saturated rings. The van der Waals surface area contributed by atoms with E-state index in [4.69, 9.17) is 21.1 Å². The minimum absolute atomic E-state index is 0.113. The maximum absolute atomic E-state index is 13.8. The van der Waals surface area contributed by atoms with Gasteiger partial charge in [0, 0.05) is 60.1 Å². The Labute approximate surface area is 239 Å². The van der Waals surface area contributed by atoms with E-state index in [1.165, 1.54) is 4.90 Å². The van der Waals surface area contributed by atoms with Gasteiger partial charge in [-0.1, -0.05) is 54.1 Å². The second-order valence-electron chi connectivity index (χ2n) is 9.55. The van der Waals surface area contributed by atoms with Gasteiger partial charge in [-0.15, -0.1) is 0 Å². The first-order valence-corrected chi connectivity index (χ1v) is 13.5. The van der Waals surface area contributed by atoms with Gasteiger partial charge in [0.15, 0.2) is 0 Å². The molecule has 9 heteroatoms. The van der Waals surface area contributed by atoms with Crippen LogP contribution in [0.2, 0.25) is 5.02 Å². The molecule has 0 bridgehead atoms. The number of carbonyl (C=O) groups excluding carboxylic acids is 2. The number of hydrogen-bond acceptors (Lipinski definition) is 4. The van der Waals surface area contributed by atoms with Crippen LogP contribution in [0.4, 0.5) is 10.5 Å². The number of para-hydroxylation sites is 2. The zero-order valence-electron chi connectivity index (χ0n) is 23.1. The summed E-state index contributed by atoms with van der Waals surface area (Å²) in [6.45, 7) is 3.13. The molecular weight excluding hydrogens is 528 g/mol. The van der Waals surface area contributed by atoms with Crippen LogP contribution >= 0.6 is 11.6 Å². The van der Waals surface area contributed by atoms with Gasteiger partial charge in [-0.2, -0.15) is 0 Å². The van der Waals surface area contributed by atoms with Crippen molar-refractivity contribution in [1.29, 1.82) is 0 Å². The standard InChI is InChI=1S/C31H35ClN4O4/c1-22-12-13-25(18-27(22)32)34-31(38)36(16-17-39-2)21-30(37)35(20-24-8-4-7-11-29(24)40-3)15-14-23-19-33-28-10-6-5-9-26(23)28/h4-13,18-19,33H,14-17,20-21H2,1-3H3,(H,34,38). The van der Waals surface area contributed by atoms with Crippen molar-refractivity contribution < 1.29 is 19.1 Å². The molecule has 3 amide bonds. The Morgan fingerprint density at radius 2 is 1.73 bits per heavy atom. The van der Waals surface area contributed by atoms with Gasteiger partial charge >= 0.3 is 6.03 Å². The Morgan fingerprint density at radius 1 is 0.950 bits per heavy atom. The number of carbonyl (C=O) groups is 2. The van der Waals surface area contributed by atoms with E-state index >= 15 is 0 Å². The van der Waals surface area contributed by atoms with Gasteiger partial charge in [-0.3, -0.25) is 4.79 Å². The van der Waals surface area contributed by atoms with Crippen LogP contribution in [0, 0.1) is 6.92 Å². The van der Waals surface area contributed by atoms with Gasteiger partial charge in [-0.25, -0.2) is 4.79 Å². The van der Waals surface area contributed by atoms with Gasteiger partial charge in [-0.05, 0) is 48.7 Å². The third-order valence-electron chi connectivity index (χ3n) is 6.83. The van der Waals surface area contributed by atoms with E-state index in [-0.39, 0.29) is 25.6 Å². The number of aryl methyl sites for hydroxylation is 1. The molecular formula is C31H35ClN4O4. The number of methoxy groups -OCH3 is 2. The number of benzene rings is 3. The Hall–Kier alpha value is -4.01. The molecule has 1 heterocycles. The molecule has 0 spiro atoms. The third kappa shape index (κ3) is 7.34. The molecule has 0 atom stereocenters. The lowest BCUT2D eigenvalue weighted by molar-refractivity contribution is -0.132. The van der Waals surface area contributed by atoms with E-state index in [0.717, 1.165) is 27.6 Å². The highest BCUT2D eigenvalue weighted by Crippen LogP contribution is 2.23. The molecule has 0 saturated heterocycles. The van der Waals surface area contributed by atoms with Gasteiger partial charge in [0.05, 0.1) is 13.7 Å². The van der Waals surface area contributed by atoms with Gasteiger partial charge < -0.3 is 29.6 Å². The quantitative estimate of drug-likeness (QED) is 0.225.